The fraction of sp³-hybridized carbons (Fsp3) is 0.316. The molecule has 25 heavy (non-hydrogen) atoms. The van der Waals surface area contributed by atoms with Gasteiger partial charge in [0.25, 0.3) is 0 Å². The van der Waals surface area contributed by atoms with E-state index < -0.39 is 0 Å². The van der Waals surface area contributed by atoms with Crippen LogP contribution in [0.3, 0.4) is 0 Å². The van der Waals surface area contributed by atoms with Gasteiger partial charge in [0.2, 0.25) is 12.7 Å². The number of para-hydroxylation sites is 2. The van der Waals surface area contributed by atoms with Crippen LogP contribution >= 0.6 is 0 Å². The number of hydrogen-bond donors (Lipinski definition) is 2. The maximum Gasteiger partial charge on any atom is 0.231 e. The van der Waals surface area contributed by atoms with Crippen LogP contribution in [0.25, 0.3) is 0 Å². The molecule has 2 aromatic rings. The molecule has 0 bridgehead atoms. The first kappa shape index (κ1) is 17.1. The van der Waals surface area contributed by atoms with Crippen LogP contribution < -0.4 is 24.8 Å². The highest BCUT2D eigenvalue weighted by Crippen LogP contribution is 2.32. The zero-order valence-corrected chi connectivity index (χ0v) is 14.2. The fourth-order valence-corrected chi connectivity index (χ4v) is 2.55. The molecule has 0 saturated heterocycles. The van der Waals surface area contributed by atoms with Crippen molar-refractivity contribution in [1.29, 1.82) is 0 Å². The van der Waals surface area contributed by atoms with Gasteiger partial charge >= 0.3 is 0 Å². The molecule has 0 saturated carbocycles. The molecule has 1 amide bonds. The number of carbonyl (C=O) groups is 1. The number of anilines is 1. The Hall–Kier alpha value is -2.73. The lowest BCUT2D eigenvalue weighted by Gasteiger charge is -2.11. The summed E-state index contributed by atoms with van der Waals surface area (Å²) in [6, 6.07) is 13.3. The number of ether oxygens (including phenoxy) is 3. The van der Waals surface area contributed by atoms with E-state index >= 15 is 0 Å². The van der Waals surface area contributed by atoms with E-state index in [-0.39, 0.29) is 12.7 Å². The molecule has 6 nitrogen and oxygen atoms in total. The van der Waals surface area contributed by atoms with Gasteiger partial charge in [-0.15, -0.1) is 0 Å². The maximum absolute atomic E-state index is 12.1. The van der Waals surface area contributed by atoms with Gasteiger partial charge in [-0.1, -0.05) is 18.2 Å². The van der Waals surface area contributed by atoms with Gasteiger partial charge in [0.1, 0.15) is 5.75 Å². The summed E-state index contributed by atoms with van der Waals surface area (Å²) >= 11 is 0. The van der Waals surface area contributed by atoms with E-state index in [0.717, 1.165) is 17.1 Å². The Labute approximate surface area is 147 Å². The lowest BCUT2D eigenvalue weighted by molar-refractivity contribution is -0.116. The number of amides is 1. The lowest BCUT2D eigenvalue weighted by atomic mass is 10.2. The molecule has 0 fully saturated rings. The smallest absolute Gasteiger partial charge is 0.231 e. The molecule has 0 unspecified atom stereocenters. The highest BCUT2D eigenvalue weighted by Gasteiger charge is 2.13. The third kappa shape index (κ3) is 4.64. The minimum absolute atomic E-state index is 0.0506. The zero-order valence-electron chi connectivity index (χ0n) is 14.2. The summed E-state index contributed by atoms with van der Waals surface area (Å²) in [4.78, 5) is 12.1. The van der Waals surface area contributed by atoms with Crippen molar-refractivity contribution < 1.29 is 19.0 Å². The maximum atomic E-state index is 12.1. The van der Waals surface area contributed by atoms with Gasteiger partial charge in [-0.25, -0.2) is 0 Å². The molecule has 3 rings (SSSR count). The quantitative estimate of drug-likeness (QED) is 0.722. The molecule has 0 aromatic heterocycles. The predicted octanol–water partition coefficient (Wildman–Crippen LogP) is 2.93. The molecule has 2 N–H and O–H groups in total. The van der Waals surface area contributed by atoms with Gasteiger partial charge in [0.05, 0.1) is 12.3 Å². The Morgan fingerprint density at radius 1 is 1.16 bits per heavy atom. The SMILES string of the molecule is CCOc1ccccc1NC(=O)CCNCc1ccc2c(c1)OCO2. The molecule has 1 heterocycles. The van der Waals surface area contributed by atoms with E-state index in [1.54, 1.807) is 0 Å². The van der Waals surface area contributed by atoms with E-state index in [9.17, 15) is 4.79 Å². The third-order valence-electron chi connectivity index (χ3n) is 3.76. The largest absolute Gasteiger partial charge is 0.492 e. The summed E-state index contributed by atoms with van der Waals surface area (Å²) < 4.78 is 16.1. The second kappa shape index (κ2) is 8.39. The van der Waals surface area contributed by atoms with Gasteiger partial charge in [0, 0.05) is 19.5 Å². The Morgan fingerprint density at radius 3 is 2.88 bits per heavy atom. The summed E-state index contributed by atoms with van der Waals surface area (Å²) in [5, 5.41) is 6.15. The van der Waals surface area contributed by atoms with Crippen LogP contribution in [-0.4, -0.2) is 25.9 Å². The van der Waals surface area contributed by atoms with Gasteiger partial charge < -0.3 is 24.8 Å². The number of rotatable bonds is 8. The molecule has 132 valence electrons. The molecule has 0 radical (unpaired) electrons. The highest BCUT2D eigenvalue weighted by atomic mass is 16.7. The summed E-state index contributed by atoms with van der Waals surface area (Å²) in [6.45, 7) is 3.99. The Balaban J connectivity index is 1.42. The van der Waals surface area contributed by atoms with Crippen LogP contribution in [0.1, 0.15) is 18.9 Å². The lowest BCUT2D eigenvalue weighted by Crippen LogP contribution is -2.21. The summed E-state index contributed by atoms with van der Waals surface area (Å²) in [5.74, 6) is 2.18. The van der Waals surface area contributed by atoms with Crippen LogP contribution in [0.2, 0.25) is 0 Å². The zero-order chi connectivity index (χ0) is 17.5. The molecule has 1 aliphatic heterocycles. The van der Waals surface area contributed by atoms with Crippen molar-refractivity contribution in [2.45, 2.75) is 19.9 Å². The standard InChI is InChI=1S/C19H22N2O4/c1-2-23-16-6-4-3-5-15(16)21-19(22)9-10-20-12-14-7-8-17-18(11-14)25-13-24-17/h3-8,11,20H,2,9-10,12-13H2,1H3,(H,21,22). The van der Waals surface area contributed by atoms with Crippen molar-refractivity contribution in [3.05, 3.63) is 48.0 Å². The number of carbonyl (C=O) groups excluding carboxylic acids is 1. The topological polar surface area (TPSA) is 68.8 Å². The van der Waals surface area contributed by atoms with Gasteiger partial charge in [-0.3, -0.25) is 4.79 Å². The molecule has 6 heteroatoms. The van der Waals surface area contributed by atoms with Crippen LogP contribution in [0.4, 0.5) is 5.69 Å². The normalized spacial score (nSPS) is 12.0. The fourth-order valence-electron chi connectivity index (χ4n) is 2.55. The number of nitrogens with one attached hydrogen (secondary N) is 2. The first-order valence-corrected chi connectivity index (χ1v) is 8.37. The van der Waals surface area contributed by atoms with Crippen LogP contribution in [0.15, 0.2) is 42.5 Å². The van der Waals surface area contributed by atoms with Crippen molar-refractivity contribution in [1.82, 2.24) is 5.32 Å². The second-order valence-electron chi connectivity index (χ2n) is 5.59. The Bertz CT molecular complexity index is 733. The molecule has 2 aromatic carbocycles. The first-order valence-electron chi connectivity index (χ1n) is 8.37. The summed E-state index contributed by atoms with van der Waals surface area (Å²) in [7, 11) is 0. The number of fused-ring (bicyclic) bond motifs is 1. The second-order valence-corrected chi connectivity index (χ2v) is 5.59. The van der Waals surface area contributed by atoms with Gasteiger partial charge in [0.15, 0.2) is 11.5 Å². The van der Waals surface area contributed by atoms with E-state index in [1.807, 2.05) is 49.4 Å². The van der Waals surface area contributed by atoms with Crippen molar-refractivity contribution in [3.63, 3.8) is 0 Å². The Morgan fingerprint density at radius 2 is 2.00 bits per heavy atom. The number of hydrogen-bond acceptors (Lipinski definition) is 5. The van der Waals surface area contributed by atoms with Crippen molar-refractivity contribution in [3.8, 4) is 17.2 Å². The average molecular weight is 342 g/mol. The summed E-state index contributed by atoms with van der Waals surface area (Å²) in [6.07, 6.45) is 0.380. The molecule has 0 atom stereocenters. The Kier molecular flexibility index (Phi) is 5.74. The van der Waals surface area contributed by atoms with Crippen molar-refractivity contribution in [2.24, 2.45) is 0 Å². The van der Waals surface area contributed by atoms with Crippen LogP contribution in [0.5, 0.6) is 17.2 Å². The van der Waals surface area contributed by atoms with Crippen LogP contribution in [-0.2, 0) is 11.3 Å². The average Bonchev–Trinajstić information content (AvgIpc) is 3.08. The van der Waals surface area contributed by atoms with Crippen LogP contribution in [0, 0.1) is 0 Å². The first-order chi connectivity index (χ1) is 12.3. The highest BCUT2D eigenvalue weighted by molar-refractivity contribution is 5.92. The van der Waals surface area contributed by atoms with Crippen molar-refractivity contribution >= 4 is 11.6 Å². The molecular weight excluding hydrogens is 320 g/mol. The number of benzene rings is 2. The minimum atomic E-state index is -0.0506. The van der Waals surface area contributed by atoms with E-state index in [4.69, 9.17) is 14.2 Å². The van der Waals surface area contributed by atoms with Gasteiger partial charge in [-0.05, 0) is 36.8 Å². The van der Waals surface area contributed by atoms with E-state index in [2.05, 4.69) is 10.6 Å². The minimum Gasteiger partial charge on any atom is -0.492 e. The van der Waals surface area contributed by atoms with Crippen molar-refractivity contribution in [2.75, 3.05) is 25.3 Å². The predicted molar refractivity (Wildman–Crippen MR) is 95.1 cm³/mol. The monoisotopic (exact) mass is 342 g/mol. The molecule has 0 spiro atoms. The van der Waals surface area contributed by atoms with E-state index in [1.165, 1.54) is 0 Å². The summed E-state index contributed by atoms with van der Waals surface area (Å²) in [5.41, 5.74) is 1.79. The molecule has 0 aliphatic carbocycles. The third-order valence-corrected chi connectivity index (χ3v) is 3.76. The van der Waals surface area contributed by atoms with Gasteiger partial charge in [-0.2, -0.15) is 0 Å². The van der Waals surface area contributed by atoms with E-state index in [0.29, 0.717) is 37.6 Å². The molecule has 1 aliphatic rings. The molecular formula is C19H22N2O4.